The number of hydrogen-bond donors (Lipinski definition) is 1. The van der Waals surface area contributed by atoms with E-state index in [1.54, 1.807) is 18.2 Å². The Hall–Kier alpha value is -2.32. The average molecular weight is 247 g/mol. The second-order valence-electron chi connectivity index (χ2n) is 3.28. The highest BCUT2D eigenvalue weighted by atomic mass is 35.5. The van der Waals surface area contributed by atoms with Crippen molar-refractivity contribution >= 4 is 23.3 Å². The molecule has 0 amide bonds. The van der Waals surface area contributed by atoms with E-state index in [0.717, 1.165) is 4.68 Å². The van der Waals surface area contributed by atoms with Crippen LogP contribution < -0.4 is 5.73 Å². The van der Waals surface area contributed by atoms with Gasteiger partial charge in [-0.05, 0) is 18.2 Å². The first-order chi connectivity index (χ1) is 8.13. The van der Waals surface area contributed by atoms with Crippen LogP contribution in [0.25, 0.3) is 0 Å². The molecule has 1 aromatic carbocycles. The zero-order valence-corrected chi connectivity index (χ0v) is 9.35. The van der Waals surface area contributed by atoms with E-state index >= 15 is 0 Å². The fraction of sp³-hybridized carbons (Fsp3) is 0. The van der Waals surface area contributed by atoms with Crippen molar-refractivity contribution in [3.05, 3.63) is 46.6 Å². The number of carbonyl (C=O) groups excluding carboxylic acids is 1. The first kappa shape index (κ1) is 11.2. The van der Waals surface area contributed by atoms with E-state index in [1.807, 2.05) is 6.07 Å². The van der Waals surface area contributed by atoms with Crippen LogP contribution in [0.2, 0.25) is 5.02 Å². The van der Waals surface area contributed by atoms with E-state index < -0.39 is 5.91 Å². The standard InChI is InChI=1S/C11H7ClN4O/c12-9-3-1-2-7(4-9)11(17)16-10(14)8(5-13)6-15-16/h1-4,6H,14H2. The van der Waals surface area contributed by atoms with Crippen LogP contribution in [0.3, 0.4) is 0 Å². The summed E-state index contributed by atoms with van der Waals surface area (Å²) >= 11 is 5.78. The van der Waals surface area contributed by atoms with E-state index in [9.17, 15) is 4.79 Å². The van der Waals surface area contributed by atoms with Gasteiger partial charge in [0.25, 0.3) is 5.91 Å². The Bertz CT molecular complexity index is 627. The molecule has 2 rings (SSSR count). The molecule has 1 heterocycles. The van der Waals surface area contributed by atoms with Crippen molar-refractivity contribution in [3.63, 3.8) is 0 Å². The molecule has 0 aliphatic carbocycles. The van der Waals surface area contributed by atoms with E-state index in [0.29, 0.717) is 10.6 Å². The van der Waals surface area contributed by atoms with Gasteiger partial charge in [-0.15, -0.1) is 0 Å². The van der Waals surface area contributed by atoms with E-state index in [4.69, 9.17) is 22.6 Å². The number of nitrogens with two attached hydrogens (primary N) is 1. The van der Waals surface area contributed by atoms with Crippen molar-refractivity contribution in [3.8, 4) is 6.07 Å². The molecule has 5 nitrogen and oxygen atoms in total. The molecule has 0 spiro atoms. The van der Waals surface area contributed by atoms with Crippen LogP contribution >= 0.6 is 11.6 Å². The van der Waals surface area contributed by atoms with Crippen molar-refractivity contribution in [2.24, 2.45) is 0 Å². The maximum atomic E-state index is 12.0. The number of rotatable bonds is 1. The van der Waals surface area contributed by atoms with Gasteiger partial charge in [-0.1, -0.05) is 17.7 Å². The van der Waals surface area contributed by atoms with Gasteiger partial charge in [0.1, 0.15) is 17.5 Å². The largest absolute Gasteiger partial charge is 0.382 e. The highest BCUT2D eigenvalue weighted by molar-refractivity contribution is 6.31. The third kappa shape index (κ3) is 1.98. The molecule has 0 saturated carbocycles. The third-order valence-corrected chi connectivity index (χ3v) is 2.43. The van der Waals surface area contributed by atoms with Gasteiger partial charge in [-0.2, -0.15) is 15.0 Å². The van der Waals surface area contributed by atoms with Gasteiger partial charge in [0.05, 0.1) is 6.20 Å². The summed E-state index contributed by atoms with van der Waals surface area (Å²) in [5.74, 6) is -0.399. The number of nitrogens with zero attached hydrogens (tertiary/aromatic N) is 3. The average Bonchev–Trinajstić information content (AvgIpc) is 2.69. The highest BCUT2D eigenvalue weighted by Crippen LogP contribution is 2.15. The summed E-state index contributed by atoms with van der Waals surface area (Å²) in [7, 11) is 0. The maximum absolute atomic E-state index is 12.0. The fourth-order valence-electron chi connectivity index (χ4n) is 1.35. The molecule has 0 bridgehead atoms. The Kier molecular flexibility index (Phi) is 2.81. The van der Waals surface area contributed by atoms with Crippen molar-refractivity contribution in [2.45, 2.75) is 0 Å². The number of carbonyl (C=O) groups is 1. The van der Waals surface area contributed by atoms with Gasteiger partial charge in [0.15, 0.2) is 0 Å². The molecule has 17 heavy (non-hydrogen) atoms. The van der Waals surface area contributed by atoms with Crippen LogP contribution in [0.15, 0.2) is 30.5 Å². The summed E-state index contributed by atoms with van der Waals surface area (Å²) in [5.41, 5.74) is 6.14. The summed E-state index contributed by atoms with van der Waals surface area (Å²) in [6.45, 7) is 0. The molecule has 2 N–H and O–H groups in total. The lowest BCUT2D eigenvalue weighted by atomic mass is 10.2. The SMILES string of the molecule is N#Cc1cnn(C(=O)c2cccc(Cl)c2)c1N. The summed E-state index contributed by atoms with van der Waals surface area (Å²) in [6, 6.07) is 8.27. The molecule has 0 saturated heterocycles. The summed E-state index contributed by atoms with van der Waals surface area (Å²) < 4.78 is 0.976. The lowest BCUT2D eigenvalue weighted by Gasteiger charge is -2.03. The van der Waals surface area contributed by atoms with Gasteiger partial charge in [0.2, 0.25) is 0 Å². The smallest absolute Gasteiger partial charge is 0.280 e. The van der Waals surface area contributed by atoms with Gasteiger partial charge in [-0.25, -0.2) is 0 Å². The van der Waals surface area contributed by atoms with Gasteiger partial charge < -0.3 is 5.73 Å². The number of benzene rings is 1. The van der Waals surface area contributed by atoms with Crippen molar-refractivity contribution in [1.29, 1.82) is 5.26 Å². The predicted octanol–water partition coefficient (Wildman–Crippen LogP) is 1.68. The third-order valence-electron chi connectivity index (χ3n) is 2.19. The Morgan fingerprint density at radius 3 is 2.88 bits per heavy atom. The van der Waals surface area contributed by atoms with Crippen LogP contribution in [0.1, 0.15) is 15.9 Å². The van der Waals surface area contributed by atoms with Crippen molar-refractivity contribution in [1.82, 2.24) is 9.78 Å². The Labute approximate surface area is 102 Å². The lowest BCUT2D eigenvalue weighted by Crippen LogP contribution is -2.16. The summed E-state index contributed by atoms with van der Waals surface area (Å²) in [4.78, 5) is 12.0. The Balaban J connectivity index is 2.45. The van der Waals surface area contributed by atoms with Crippen LogP contribution in [-0.4, -0.2) is 15.7 Å². The minimum absolute atomic E-state index is 0.0254. The zero-order valence-electron chi connectivity index (χ0n) is 8.59. The number of anilines is 1. The van der Waals surface area contributed by atoms with E-state index in [1.165, 1.54) is 12.3 Å². The summed E-state index contributed by atoms with van der Waals surface area (Å²) in [5, 5.41) is 12.9. The molecular formula is C11H7ClN4O. The first-order valence-electron chi connectivity index (χ1n) is 4.67. The lowest BCUT2D eigenvalue weighted by molar-refractivity contribution is 0.0948. The molecule has 1 aromatic heterocycles. The van der Waals surface area contributed by atoms with Gasteiger partial charge in [-0.3, -0.25) is 4.79 Å². The number of halogens is 1. The molecule has 2 aromatic rings. The van der Waals surface area contributed by atoms with Crippen LogP contribution in [0, 0.1) is 11.3 Å². The second kappa shape index (κ2) is 4.28. The first-order valence-corrected chi connectivity index (χ1v) is 5.05. The predicted molar refractivity (Wildman–Crippen MR) is 62.5 cm³/mol. The quantitative estimate of drug-likeness (QED) is 0.830. The number of aromatic nitrogens is 2. The number of nitriles is 1. The van der Waals surface area contributed by atoms with Crippen molar-refractivity contribution in [2.75, 3.05) is 5.73 Å². The number of hydrogen-bond acceptors (Lipinski definition) is 4. The molecule has 0 radical (unpaired) electrons. The molecular weight excluding hydrogens is 240 g/mol. The second-order valence-corrected chi connectivity index (χ2v) is 3.72. The Morgan fingerprint density at radius 1 is 1.53 bits per heavy atom. The zero-order chi connectivity index (χ0) is 12.4. The minimum Gasteiger partial charge on any atom is -0.382 e. The van der Waals surface area contributed by atoms with Crippen LogP contribution in [-0.2, 0) is 0 Å². The highest BCUT2D eigenvalue weighted by Gasteiger charge is 2.15. The minimum atomic E-state index is -0.425. The number of nitrogen functional groups attached to an aromatic ring is 1. The maximum Gasteiger partial charge on any atom is 0.280 e. The normalized spacial score (nSPS) is 9.88. The fourth-order valence-corrected chi connectivity index (χ4v) is 1.54. The van der Waals surface area contributed by atoms with E-state index in [2.05, 4.69) is 5.10 Å². The van der Waals surface area contributed by atoms with Crippen LogP contribution in [0.5, 0.6) is 0 Å². The monoisotopic (exact) mass is 246 g/mol. The molecule has 6 heteroatoms. The molecule has 0 atom stereocenters. The molecule has 0 aliphatic rings. The van der Waals surface area contributed by atoms with Gasteiger partial charge in [0, 0.05) is 10.6 Å². The molecule has 0 fully saturated rings. The van der Waals surface area contributed by atoms with Crippen molar-refractivity contribution < 1.29 is 4.79 Å². The Morgan fingerprint density at radius 2 is 2.29 bits per heavy atom. The van der Waals surface area contributed by atoms with Gasteiger partial charge >= 0.3 is 0 Å². The molecule has 84 valence electrons. The molecule has 0 unspecified atom stereocenters. The van der Waals surface area contributed by atoms with E-state index in [-0.39, 0.29) is 11.4 Å². The van der Waals surface area contributed by atoms with Crippen LogP contribution in [0.4, 0.5) is 5.82 Å². The summed E-state index contributed by atoms with van der Waals surface area (Å²) in [6.07, 6.45) is 1.25. The molecule has 0 aliphatic heterocycles. The topological polar surface area (TPSA) is 84.7 Å².